The molecule has 2 bridgehead atoms. The van der Waals surface area contributed by atoms with E-state index in [2.05, 4.69) is 6.42 Å². The Balaban J connectivity index is 2.07. The lowest BCUT2D eigenvalue weighted by Crippen LogP contribution is -2.37. The normalized spacial score (nSPS) is 30.8. The minimum Gasteiger partial charge on any atom is -0.369 e. The van der Waals surface area contributed by atoms with Gasteiger partial charge in [0.2, 0.25) is 5.91 Å². The van der Waals surface area contributed by atoms with Crippen LogP contribution in [0.5, 0.6) is 0 Å². The van der Waals surface area contributed by atoms with Gasteiger partial charge in [-0.05, 0) is 61.3 Å². The van der Waals surface area contributed by atoms with Crippen molar-refractivity contribution in [1.82, 2.24) is 0 Å². The van der Waals surface area contributed by atoms with Crippen LogP contribution in [0.15, 0.2) is 18.2 Å². The number of fused-ring (bicyclic) bond motifs is 3. The molecule has 1 saturated carbocycles. The minimum absolute atomic E-state index is 0.235. The molecule has 2 N–H and O–H groups in total. The van der Waals surface area contributed by atoms with Gasteiger partial charge in [-0.15, -0.1) is 0 Å². The van der Waals surface area contributed by atoms with E-state index in [9.17, 15) is 9.18 Å². The highest BCUT2D eigenvalue weighted by molar-refractivity contribution is 5.83. The minimum atomic E-state index is -0.538. The van der Waals surface area contributed by atoms with E-state index >= 15 is 0 Å². The molecule has 2 unspecified atom stereocenters. The summed E-state index contributed by atoms with van der Waals surface area (Å²) >= 11 is 0. The summed E-state index contributed by atoms with van der Waals surface area (Å²) in [4.78, 5) is 11.7. The van der Waals surface area contributed by atoms with Crippen molar-refractivity contribution in [2.45, 2.75) is 25.7 Å². The Morgan fingerprint density at radius 3 is 3.00 bits per heavy atom. The summed E-state index contributed by atoms with van der Waals surface area (Å²) in [5, 5.41) is 0. The van der Waals surface area contributed by atoms with E-state index < -0.39 is 5.41 Å². The van der Waals surface area contributed by atoms with Crippen molar-refractivity contribution in [2.24, 2.45) is 17.1 Å². The predicted molar refractivity (Wildman–Crippen MR) is 62.5 cm³/mol. The van der Waals surface area contributed by atoms with Gasteiger partial charge in [0.15, 0.2) is 0 Å². The molecule has 89 valence electrons. The van der Waals surface area contributed by atoms with Crippen molar-refractivity contribution in [3.63, 3.8) is 0 Å². The van der Waals surface area contributed by atoms with Crippen LogP contribution in [0.25, 0.3) is 0 Å². The van der Waals surface area contributed by atoms with Crippen LogP contribution in [0.3, 0.4) is 0 Å². The molecule has 0 heterocycles. The van der Waals surface area contributed by atoms with E-state index in [1.807, 2.05) is 6.07 Å². The largest absolute Gasteiger partial charge is 0.369 e. The highest BCUT2D eigenvalue weighted by atomic mass is 19.1. The zero-order valence-electron chi connectivity index (χ0n) is 9.58. The van der Waals surface area contributed by atoms with Gasteiger partial charge in [0, 0.05) is 0 Å². The fourth-order valence-corrected chi connectivity index (χ4v) is 3.24. The average molecular weight is 232 g/mol. The van der Waals surface area contributed by atoms with Gasteiger partial charge in [0.05, 0.1) is 5.41 Å². The highest BCUT2D eigenvalue weighted by Crippen LogP contribution is 2.47. The average Bonchev–Trinajstić information content (AvgIpc) is 2.57. The van der Waals surface area contributed by atoms with E-state index in [4.69, 9.17) is 5.73 Å². The van der Waals surface area contributed by atoms with Crippen LogP contribution >= 0.6 is 0 Å². The zero-order valence-corrected chi connectivity index (χ0v) is 9.58. The predicted octanol–water partition coefficient (Wildman–Crippen LogP) is 2.01. The number of nitrogens with two attached hydrogens (primary N) is 1. The van der Waals surface area contributed by atoms with Crippen LogP contribution in [0.4, 0.5) is 4.39 Å². The molecular weight excluding hydrogens is 217 g/mol. The van der Waals surface area contributed by atoms with E-state index in [0.717, 1.165) is 30.4 Å². The third-order valence-electron chi connectivity index (χ3n) is 4.16. The first kappa shape index (κ1) is 10.8. The number of carbonyl (C=O) groups is 1. The summed E-state index contributed by atoms with van der Waals surface area (Å²) in [5.41, 5.74) is 7.11. The summed E-state index contributed by atoms with van der Waals surface area (Å²) in [6.45, 7) is 0. The number of carbonyl (C=O) groups excluding carboxylic acids is 1. The Morgan fingerprint density at radius 2 is 2.24 bits per heavy atom. The van der Waals surface area contributed by atoms with E-state index in [0.29, 0.717) is 12.3 Å². The van der Waals surface area contributed by atoms with Gasteiger partial charge in [-0.3, -0.25) is 4.79 Å². The zero-order chi connectivity index (χ0) is 12.0. The molecule has 2 aliphatic rings. The lowest BCUT2D eigenvalue weighted by molar-refractivity contribution is -0.125. The number of halogens is 1. The second-order valence-corrected chi connectivity index (χ2v) is 5.28. The SMILES string of the molecule is NC(=O)C12[CH]C(CC1)Cc1ccc(F)cc1C2. The maximum absolute atomic E-state index is 13.3. The fourth-order valence-electron chi connectivity index (χ4n) is 3.24. The summed E-state index contributed by atoms with van der Waals surface area (Å²) in [7, 11) is 0. The van der Waals surface area contributed by atoms with Gasteiger partial charge in [-0.2, -0.15) is 0 Å². The Labute approximate surface area is 100 Å². The number of benzene rings is 1. The quantitative estimate of drug-likeness (QED) is 0.790. The lowest BCUT2D eigenvalue weighted by Gasteiger charge is -2.24. The van der Waals surface area contributed by atoms with Gasteiger partial charge in [0.1, 0.15) is 5.82 Å². The van der Waals surface area contributed by atoms with Crippen molar-refractivity contribution < 1.29 is 9.18 Å². The van der Waals surface area contributed by atoms with Crippen molar-refractivity contribution >= 4 is 5.91 Å². The molecular formula is C14H15FNO. The standard InChI is InChI=1S/C14H15FNO/c15-12-2-1-10-5-9-3-4-14(7-9,13(16)17)8-11(10)6-12/h1-2,6-7,9H,3-5,8H2,(H2,16,17). The second-order valence-electron chi connectivity index (χ2n) is 5.28. The Bertz CT molecular complexity index is 485. The second kappa shape index (κ2) is 3.56. The topological polar surface area (TPSA) is 43.1 Å². The van der Waals surface area contributed by atoms with Gasteiger partial charge >= 0.3 is 0 Å². The summed E-state index contributed by atoms with van der Waals surface area (Å²) in [5.74, 6) is -0.0903. The molecule has 0 aliphatic heterocycles. The van der Waals surface area contributed by atoms with Crippen LogP contribution in [-0.2, 0) is 17.6 Å². The third-order valence-corrected chi connectivity index (χ3v) is 4.16. The number of hydrogen-bond acceptors (Lipinski definition) is 1. The summed E-state index contributed by atoms with van der Waals surface area (Å²) in [6, 6.07) is 4.89. The number of primary amides is 1. The van der Waals surface area contributed by atoms with Crippen LogP contribution in [0.2, 0.25) is 0 Å². The number of hydrogen-bond donors (Lipinski definition) is 1. The van der Waals surface area contributed by atoms with Crippen molar-refractivity contribution in [3.8, 4) is 0 Å². The molecule has 1 radical (unpaired) electrons. The van der Waals surface area contributed by atoms with Gasteiger partial charge in [-0.25, -0.2) is 4.39 Å². The van der Waals surface area contributed by atoms with Crippen LogP contribution in [0, 0.1) is 23.6 Å². The maximum Gasteiger partial charge on any atom is 0.224 e. The first-order valence-corrected chi connectivity index (χ1v) is 6.02. The van der Waals surface area contributed by atoms with Crippen molar-refractivity contribution in [1.29, 1.82) is 0 Å². The summed E-state index contributed by atoms with van der Waals surface area (Å²) in [6.07, 6.45) is 5.40. The molecule has 17 heavy (non-hydrogen) atoms. The van der Waals surface area contributed by atoms with Crippen LogP contribution < -0.4 is 5.73 Å². The molecule has 2 nitrogen and oxygen atoms in total. The number of amides is 1. The molecule has 0 aromatic heterocycles. The van der Waals surface area contributed by atoms with E-state index in [1.165, 1.54) is 6.07 Å². The first-order chi connectivity index (χ1) is 8.09. The fraction of sp³-hybridized carbons (Fsp3) is 0.429. The number of rotatable bonds is 1. The molecule has 2 atom stereocenters. The molecule has 3 heteroatoms. The lowest BCUT2D eigenvalue weighted by atomic mass is 9.79. The molecule has 0 saturated heterocycles. The molecule has 1 fully saturated rings. The van der Waals surface area contributed by atoms with E-state index in [1.54, 1.807) is 6.07 Å². The van der Waals surface area contributed by atoms with Gasteiger partial charge in [-0.1, -0.05) is 6.07 Å². The molecule has 2 aliphatic carbocycles. The Kier molecular flexibility index (Phi) is 2.25. The molecule has 1 aromatic carbocycles. The third kappa shape index (κ3) is 1.65. The molecule has 1 amide bonds. The molecule has 3 rings (SSSR count). The highest BCUT2D eigenvalue weighted by Gasteiger charge is 2.46. The van der Waals surface area contributed by atoms with Crippen LogP contribution in [0.1, 0.15) is 24.0 Å². The summed E-state index contributed by atoms with van der Waals surface area (Å²) < 4.78 is 13.3. The molecule has 0 spiro atoms. The van der Waals surface area contributed by atoms with Crippen LogP contribution in [-0.4, -0.2) is 5.91 Å². The van der Waals surface area contributed by atoms with Gasteiger partial charge in [0.25, 0.3) is 0 Å². The van der Waals surface area contributed by atoms with Crippen molar-refractivity contribution in [2.75, 3.05) is 0 Å². The molecule has 1 aromatic rings. The van der Waals surface area contributed by atoms with E-state index in [-0.39, 0.29) is 11.7 Å². The first-order valence-electron chi connectivity index (χ1n) is 6.02. The smallest absolute Gasteiger partial charge is 0.224 e. The monoisotopic (exact) mass is 232 g/mol. The maximum atomic E-state index is 13.3. The van der Waals surface area contributed by atoms with Crippen molar-refractivity contribution in [3.05, 3.63) is 41.6 Å². The Morgan fingerprint density at radius 1 is 1.41 bits per heavy atom. The Hall–Kier alpha value is -1.38. The van der Waals surface area contributed by atoms with Gasteiger partial charge < -0.3 is 5.73 Å².